The molecule has 7 heteroatoms. The van der Waals surface area contributed by atoms with Crippen LogP contribution in [-0.2, 0) is 11.3 Å². The maximum atomic E-state index is 12.4. The second kappa shape index (κ2) is 8.46. The minimum atomic E-state index is -0.463. The molecule has 0 saturated carbocycles. The van der Waals surface area contributed by atoms with E-state index in [4.69, 9.17) is 4.74 Å². The Morgan fingerprint density at radius 3 is 2.67 bits per heavy atom. The van der Waals surface area contributed by atoms with E-state index in [-0.39, 0.29) is 5.91 Å². The predicted molar refractivity (Wildman–Crippen MR) is 103 cm³/mol. The van der Waals surface area contributed by atoms with Gasteiger partial charge in [0.15, 0.2) is 0 Å². The van der Waals surface area contributed by atoms with E-state index in [2.05, 4.69) is 15.0 Å². The molecule has 6 nitrogen and oxygen atoms in total. The van der Waals surface area contributed by atoms with E-state index in [0.717, 1.165) is 11.3 Å². The lowest BCUT2D eigenvalue weighted by atomic mass is 10.2. The number of esters is 1. The first-order valence-electron chi connectivity index (χ1n) is 8.19. The van der Waals surface area contributed by atoms with Gasteiger partial charge in [-0.3, -0.25) is 4.79 Å². The van der Waals surface area contributed by atoms with E-state index in [0.29, 0.717) is 28.6 Å². The van der Waals surface area contributed by atoms with Gasteiger partial charge in [0, 0.05) is 11.1 Å². The average molecular weight is 382 g/mol. The number of carbonyl (C=O) groups excluding carboxylic acids is 2. The number of nitrogens with zero attached hydrogens (tertiary/aromatic N) is 1. The molecule has 0 aliphatic heterocycles. The second-order valence-corrected chi connectivity index (χ2v) is 6.70. The zero-order valence-electron chi connectivity index (χ0n) is 14.9. The van der Waals surface area contributed by atoms with Crippen molar-refractivity contribution in [3.8, 4) is 5.75 Å². The largest absolute Gasteiger partial charge is 0.486 e. The summed E-state index contributed by atoms with van der Waals surface area (Å²) in [5, 5.41) is 5.10. The van der Waals surface area contributed by atoms with E-state index in [1.807, 2.05) is 31.2 Å². The topological polar surface area (TPSA) is 77.5 Å². The van der Waals surface area contributed by atoms with Gasteiger partial charge in [-0.1, -0.05) is 23.8 Å². The van der Waals surface area contributed by atoms with Crippen LogP contribution in [0.25, 0.3) is 0 Å². The number of thiazole rings is 1. The summed E-state index contributed by atoms with van der Waals surface area (Å²) in [4.78, 5) is 28.2. The molecule has 1 N–H and O–H groups in total. The Bertz CT molecular complexity index is 951. The Labute approximate surface area is 160 Å². The van der Waals surface area contributed by atoms with Crippen LogP contribution in [0.5, 0.6) is 5.75 Å². The normalized spacial score (nSPS) is 10.3. The highest BCUT2D eigenvalue weighted by Crippen LogP contribution is 2.18. The quantitative estimate of drug-likeness (QED) is 0.650. The molecule has 0 spiro atoms. The molecular weight excluding hydrogens is 364 g/mol. The van der Waals surface area contributed by atoms with Gasteiger partial charge in [-0.15, -0.1) is 11.3 Å². The van der Waals surface area contributed by atoms with Crippen LogP contribution in [0.15, 0.2) is 53.9 Å². The smallest absolute Gasteiger partial charge is 0.337 e. The van der Waals surface area contributed by atoms with Crippen LogP contribution >= 0.6 is 11.3 Å². The number of anilines is 1. The van der Waals surface area contributed by atoms with Crippen LogP contribution < -0.4 is 10.1 Å². The summed E-state index contributed by atoms with van der Waals surface area (Å²) in [5.74, 6) is -0.0634. The summed E-state index contributed by atoms with van der Waals surface area (Å²) in [6.07, 6.45) is 0. The lowest BCUT2D eigenvalue weighted by molar-refractivity contribution is 0.0600. The van der Waals surface area contributed by atoms with E-state index in [1.165, 1.54) is 18.4 Å². The third-order valence-corrected chi connectivity index (χ3v) is 4.53. The predicted octanol–water partition coefficient (Wildman–Crippen LogP) is 4.07. The lowest BCUT2D eigenvalue weighted by Crippen LogP contribution is -2.13. The highest BCUT2D eigenvalue weighted by molar-refractivity contribution is 7.09. The molecule has 0 unspecified atom stereocenters. The number of carbonyl (C=O) groups is 2. The fourth-order valence-electron chi connectivity index (χ4n) is 2.30. The molecule has 0 aliphatic carbocycles. The summed E-state index contributed by atoms with van der Waals surface area (Å²) in [6.45, 7) is 2.30. The molecular formula is C20H18N2O4S. The number of benzene rings is 2. The number of nitrogens with one attached hydrogen (secondary N) is 1. The zero-order chi connectivity index (χ0) is 19.2. The second-order valence-electron chi connectivity index (χ2n) is 5.75. The first-order valence-corrected chi connectivity index (χ1v) is 9.07. The van der Waals surface area contributed by atoms with Gasteiger partial charge in [0.25, 0.3) is 5.91 Å². The number of hydrogen-bond acceptors (Lipinski definition) is 6. The molecule has 1 amide bonds. The molecule has 0 aliphatic rings. The molecule has 2 aromatic carbocycles. The van der Waals surface area contributed by atoms with Crippen molar-refractivity contribution in [1.82, 2.24) is 4.98 Å². The molecule has 27 heavy (non-hydrogen) atoms. The Hall–Kier alpha value is -3.19. The number of aromatic nitrogens is 1. The molecule has 0 atom stereocenters. The Morgan fingerprint density at radius 2 is 1.93 bits per heavy atom. The maximum absolute atomic E-state index is 12.4. The summed E-state index contributed by atoms with van der Waals surface area (Å²) in [6, 6.07) is 14.3. The molecule has 1 heterocycles. The number of hydrogen-bond donors (Lipinski definition) is 1. The Morgan fingerprint density at radius 1 is 1.15 bits per heavy atom. The van der Waals surface area contributed by atoms with Gasteiger partial charge in [-0.2, -0.15) is 0 Å². The van der Waals surface area contributed by atoms with E-state index >= 15 is 0 Å². The van der Waals surface area contributed by atoms with Crippen LogP contribution in [-0.4, -0.2) is 24.0 Å². The van der Waals surface area contributed by atoms with Crippen LogP contribution in [0.3, 0.4) is 0 Å². The van der Waals surface area contributed by atoms with Crippen LogP contribution in [0.4, 0.5) is 5.69 Å². The van der Waals surface area contributed by atoms with Crippen LogP contribution in [0.2, 0.25) is 0 Å². The Kier molecular flexibility index (Phi) is 5.83. The van der Waals surface area contributed by atoms with Gasteiger partial charge in [-0.25, -0.2) is 9.78 Å². The third-order valence-electron chi connectivity index (χ3n) is 3.71. The van der Waals surface area contributed by atoms with Gasteiger partial charge >= 0.3 is 5.97 Å². The fraction of sp³-hybridized carbons (Fsp3) is 0.150. The van der Waals surface area contributed by atoms with Gasteiger partial charge in [-0.05, 0) is 37.3 Å². The number of methoxy groups -OCH3 is 1. The van der Waals surface area contributed by atoms with Gasteiger partial charge in [0.05, 0.1) is 12.7 Å². The number of rotatable bonds is 6. The minimum absolute atomic E-state index is 0.291. The molecule has 0 bridgehead atoms. The first-order chi connectivity index (χ1) is 13.0. The zero-order valence-corrected chi connectivity index (χ0v) is 15.7. The van der Waals surface area contributed by atoms with E-state index in [1.54, 1.807) is 29.6 Å². The van der Waals surface area contributed by atoms with Crippen molar-refractivity contribution in [2.24, 2.45) is 0 Å². The standard InChI is InChI=1S/C20H18N2O4S/c1-13-6-8-16(9-7-13)26-11-18-22-17(12-27-18)19(23)21-15-5-3-4-14(10-15)20(24)25-2/h3-10,12H,11H2,1-2H3,(H,21,23). The highest BCUT2D eigenvalue weighted by Gasteiger charge is 2.13. The first kappa shape index (κ1) is 18.6. The van der Waals surface area contributed by atoms with E-state index < -0.39 is 5.97 Å². The number of aryl methyl sites for hydroxylation is 1. The molecule has 1 aromatic heterocycles. The molecule has 0 radical (unpaired) electrons. The molecule has 0 fully saturated rings. The minimum Gasteiger partial charge on any atom is -0.486 e. The van der Waals surface area contributed by atoms with Crippen molar-refractivity contribution in [3.05, 3.63) is 75.7 Å². The van der Waals surface area contributed by atoms with Crippen molar-refractivity contribution >= 4 is 28.9 Å². The van der Waals surface area contributed by atoms with Crippen molar-refractivity contribution in [2.75, 3.05) is 12.4 Å². The summed E-state index contributed by atoms with van der Waals surface area (Å²) >= 11 is 1.35. The maximum Gasteiger partial charge on any atom is 0.337 e. The van der Waals surface area contributed by atoms with E-state index in [9.17, 15) is 9.59 Å². The lowest BCUT2D eigenvalue weighted by Gasteiger charge is -2.05. The van der Waals surface area contributed by atoms with Gasteiger partial charge in [0.1, 0.15) is 23.1 Å². The Balaban J connectivity index is 1.61. The van der Waals surface area contributed by atoms with Crippen molar-refractivity contribution < 1.29 is 19.1 Å². The SMILES string of the molecule is COC(=O)c1cccc(NC(=O)c2csc(COc3ccc(C)cc3)n2)c1. The monoisotopic (exact) mass is 382 g/mol. The summed E-state index contributed by atoms with van der Waals surface area (Å²) in [7, 11) is 1.31. The average Bonchev–Trinajstić information content (AvgIpc) is 3.16. The number of amides is 1. The van der Waals surface area contributed by atoms with Crippen LogP contribution in [0, 0.1) is 6.92 Å². The van der Waals surface area contributed by atoms with Crippen molar-refractivity contribution in [2.45, 2.75) is 13.5 Å². The van der Waals surface area contributed by atoms with Gasteiger partial charge in [0.2, 0.25) is 0 Å². The third kappa shape index (κ3) is 4.92. The molecule has 138 valence electrons. The summed E-state index contributed by atoms with van der Waals surface area (Å²) < 4.78 is 10.4. The molecule has 3 aromatic rings. The number of ether oxygens (including phenoxy) is 2. The summed E-state index contributed by atoms with van der Waals surface area (Å²) in [5.41, 5.74) is 2.31. The van der Waals surface area contributed by atoms with Crippen molar-refractivity contribution in [3.63, 3.8) is 0 Å². The molecule has 3 rings (SSSR count). The highest BCUT2D eigenvalue weighted by atomic mass is 32.1. The van der Waals surface area contributed by atoms with Gasteiger partial charge < -0.3 is 14.8 Å². The van der Waals surface area contributed by atoms with Crippen LogP contribution in [0.1, 0.15) is 31.4 Å². The fourth-order valence-corrected chi connectivity index (χ4v) is 2.98. The molecule has 0 saturated heterocycles. The van der Waals surface area contributed by atoms with Crippen molar-refractivity contribution in [1.29, 1.82) is 0 Å².